The predicted molar refractivity (Wildman–Crippen MR) is 68.0 cm³/mol. The molecule has 0 unspecified atom stereocenters. The van der Waals surface area contributed by atoms with Crippen molar-refractivity contribution in [2.75, 3.05) is 12.3 Å². The molecule has 0 saturated heterocycles. The molecular weight excluding hydrogens is 232 g/mol. The number of nitrogens with two attached hydrogens (primary N) is 1. The van der Waals surface area contributed by atoms with Gasteiger partial charge in [0.05, 0.1) is 17.9 Å². The smallest absolute Gasteiger partial charge is 0.410 e. The van der Waals surface area contributed by atoms with Gasteiger partial charge in [0.25, 0.3) is 0 Å². The van der Waals surface area contributed by atoms with E-state index in [0.717, 1.165) is 17.8 Å². The van der Waals surface area contributed by atoms with E-state index in [2.05, 4.69) is 4.98 Å². The molecule has 0 radical (unpaired) electrons. The number of nitrogens with zero attached hydrogens (tertiary/aromatic N) is 3. The maximum atomic E-state index is 12.0. The fourth-order valence-corrected chi connectivity index (χ4v) is 1.99. The van der Waals surface area contributed by atoms with Crippen LogP contribution in [0.1, 0.15) is 32.2 Å². The maximum Gasteiger partial charge on any atom is 0.410 e. The molecule has 0 saturated carbocycles. The van der Waals surface area contributed by atoms with Gasteiger partial charge in [-0.05, 0) is 20.8 Å². The van der Waals surface area contributed by atoms with Crippen LogP contribution in [0.3, 0.4) is 0 Å². The number of carbonyl (C=O) groups excluding carboxylic acids is 1. The third-order valence-electron chi connectivity index (χ3n) is 2.94. The molecule has 0 spiro atoms. The molecule has 2 rings (SSSR count). The zero-order valence-electron chi connectivity index (χ0n) is 11.4. The fraction of sp³-hybridized carbons (Fsp3) is 0.667. The van der Waals surface area contributed by atoms with Crippen LogP contribution in [0.15, 0.2) is 0 Å². The highest BCUT2D eigenvalue weighted by Gasteiger charge is 2.28. The number of nitrogen functional groups attached to an aromatic ring is 1. The number of carbonyl (C=O) groups is 1. The predicted octanol–water partition coefficient (Wildman–Crippen LogP) is 1.30. The van der Waals surface area contributed by atoms with Crippen LogP contribution in [0, 0.1) is 0 Å². The molecule has 1 amide bonds. The summed E-state index contributed by atoms with van der Waals surface area (Å²) >= 11 is 0. The van der Waals surface area contributed by atoms with Gasteiger partial charge in [-0.1, -0.05) is 0 Å². The Kier molecular flexibility index (Phi) is 2.96. The quantitative estimate of drug-likeness (QED) is 0.755. The van der Waals surface area contributed by atoms with Crippen molar-refractivity contribution >= 4 is 12.0 Å². The van der Waals surface area contributed by atoms with Crippen molar-refractivity contribution in [1.82, 2.24) is 14.5 Å². The number of amides is 1. The van der Waals surface area contributed by atoms with Crippen LogP contribution in [0.25, 0.3) is 0 Å². The molecule has 100 valence electrons. The summed E-state index contributed by atoms with van der Waals surface area (Å²) in [5.41, 5.74) is 7.26. The zero-order valence-corrected chi connectivity index (χ0v) is 11.4. The second-order valence-corrected chi connectivity index (χ2v) is 5.57. The third-order valence-corrected chi connectivity index (χ3v) is 2.94. The van der Waals surface area contributed by atoms with E-state index in [1.54, 1.807) is 4.90 Å². The van der Waals surface area contributed by atoms with Crippen LogP contribution in [-0.2, 0) is 24.8 Å². The van der Waals surface area contributed by atoms with Crippen LogP contribution in [0.2, 0.25) is 0 Å². The van der Waals surface area contributed by atoms with E-state index in [9.17, 15) is 4.79 Å². The molecule has 0 atom stereocenters. The highest BCUT2D eigenvalue weighted by atomic mass is 16.6. The van der Waals surface area contributed by atoms with Gasteiger partial charge in [-0.2, -0.15) is 0 Å². The molecule has 6 heteroatoms. The van der Waals surface area contributed by atoms with Gasteiger partial charge in [0.1, 0.15) is 5.60 Å². The number of imidazole rings is 1. The van der Waals surface area contributed by atoms with Crippen molar-refractivity contribution < 1.29 is 9.53 Å². The molecule has 1 aliphatic rings. The van der Waals surface area contributed by atoms with E-state index >= 15 is 0 Å². The molecule has 0 fully saturated rings. The summed E-state index contributed by atoms with van der Waals surface area (Å²) in [6, 6.07) is 0. The van der Waals surface area contributed by atoms with Crippen LogP contribution in [-0.4, -0.2) is 32.7 Å². The van der Waals surface area contributed by atoms with Crippen molar-refractivity contribution in [1.29, 1.82) is 0 Å². The molecule has 0 bridgehead atoms. The lowest BCUT2D eigenvalue weighted by Crippen LogP contribution is -2.40. The third kappa shape index (κ3) is 2.42. The molecule has 2 N–H and O–H groups in total. The van der Waals surface area contributed by atoms with E-state index in [0.29, 0.717) is 19.0 Å². The first kappa shape index (κ1) is 12.7. The summed E-state index contributed by atoms with van der Waals surface area (Å²) in [7, 11) is 1.86. The van der Waals surface area contributed by atoms with Gasteiger partial charge in [-0.3, -0.25) is 0 Å². The van der Waals surface area contributed by atoms with Gasteiger partial charge in [0, 0.05) is 20.0 Å². The van der Waals surface area contributed by atoms with E-state index in [-0.39, 0.29) is 6.09 Å². The van der Waals surface area contributed by atoms with Crippen LogP contribution >= 0.6 is 0 Å². The number of ether oxygens (including phenoxy) is 1. The fourth-order valence-electron chi connectivity index (χ4n) is 1.99. The highest BCUT2D eigenvalue weighted by molar-refractivity contribution is 5.68. The van der Waals surface area contributed by atoms with Gasteiger partial charge in [0.15, 0.2) is 5.95 Å². The van der Waals surface area contributed by atoms with Gasteiger partial charge >= 0.3 is 6.09 Å². The summed E-state index contributed by atoms with van der Waals surface area (Å²) < 4.78 is 7.19. The van der Waals surface area contributed by atoms with Crippen molar-refractivity contribution in [2.45, 2.75) is 39.3 Å². The Labute approximate surface area is 107 Å². The molecule has 18 heavy (non-hydrogen) atoms. The van der Waals surface area contributed by atoms with Crippen molar-refractivity contribution in [3.8, 4) is 0 Å². The van der Waals surface area contributed by atoms with Crippen LogP contribution in [0.5, 0.6) is 0 Å². The Hall–Kier alpha value is -1.72. The minimum atomic E-state index is -0.469. The monoisotopic (exact) mass is 252 g/mol. The number of hydrogen-bond acceptors (Lipinski definition) is 4. The van der Waals surface area contributed by atoms with Gasteiger partial charge in [-0.15, -0.1) is 0 Å². The average molecular weight is 252 g/mol. The first-order valence-corrected chi connectivity index (χ1v) is 6.06. The maximum absolute atomic E-state index is 12.0. The molecule has 1 aromatic rings. The number of aromatic nitrogens is 2. The molecule has 1 aromatic heterocycles. The normalized spacial score (nSPS) is 15.4. The van der Waals surface area contributed by atoms with Gasteiger partial charge < -0.3 is 19.9 Å². The first-order chi connectivity index (χ1) is 8.28. The summed E-state index contributed by atoms with van der Waals surface area (Å²) in [5.74, 6) is 0.492. The summed E-state index contributed by atoms with van der Waals surface area (Å²) in [6.07, 6.45) is 0.438. The molecule has 1 aliphatic heterocycles. The topological polar surface area (TPSA) is 73.4 Å². The Morgan fingerprint density at radius 1 is 1.44 bits per heavy atom. The summed E-state index contributed by atoms with van der Waals surface area (Å²) in [5, 5.41) is 0. The number of fused-ring (bicyclic) bond motifs is 1. The standard InChI is InChI=1S/C12H20N4O2/c1-12(2,3)18-11(17)16-6-5-8-9(7-16)15(4)10(13)14-8/h5-7H2,1-4H3,(H2,13,14). The van der Waals surface area contributed by atoms with Crippen LogP contribution in [0.4, 0.5) is 10.7 Å². The van der Waals surface area contributed by atoms with E-state index in [1.165, 1.54) is 0 Å². The average Bonchev–Trinajstić information content (AvgIpc) is 2.52. The van der Waals surface area contributed by atoms with Crippen molar-refractivity contribution in [3.63, 3.8) is 0 Å². The number of hydrogen-bond donors (Lipinski definition) is 1. The van der Waals surface area contributed by atoms with Gasteiger partial charge in [-0.25, -0.2) is 9.78 Å². The Morgan fingerprint density at radius 2 is 2.11 bits per heavy atom. The van der Waals surface area contributed by atoms with E-state index in [1.807, 2.05) is 32.4 Å². The van der Waals surface area contributed by atoms with Crippen LogP contribution < -0.4 is 5.73 Å². The molecule has 0 aromatic carbocycles. The second-order valence-electron chi connectivity index (χ2n) is 5.57. The summed E-state index contributed by atoms with van der Waals surface area (Å²) in [6.45, 7) is 6.72. The number of anilines is 1. The highest BCUT2D eigenvalue weighted by Crippen LogP contribution is 2.22. The molecule has 6 nitrogen and oxygen atoms in total. The second kappa shape index (κ2) is 4.19. The SMILES string of the molecule is Cn1c(N)nc2c1CN(C(=O)OC(C)(C)C)CC2. The Morgan fingerprint density at radius 3 is 2.72 bits per heavy atom. The lowest BCUT2D eigenvalue weighted by molar-refractivity contribution is 0.0219. The number of rotatable bonds is 0. The Bertz CT molecular complexity index is 473. The molecule has 2 heterocycles. The molecule has 0 aliphatic carbocycles. The molecular formula is C12H20N4O2. The summed E-state index contributed by atoms with van der Waals surface area (Å²) in [4.78, 5) is 18.0. The van der Waals surface area contributed by atoms with Gasteiger partial charge in [0.2, 0.25) is 0 Å². The van der Waals surface area contributed by atoms with E-state index in [4.69, 9.17) is 10.5 Å². The van der Waals surface area contributed by atoms with Crippen molar-refractivity contribution in [3.05, 3.63) is 11.4 Å². The van der Waals surface area contributed by atoms with E-state index < -0.39 is 5.60 Å². The zero-order chi connectivity index (χ0) is 13.5. The lowest BCUT2D eigenvalue weighted by atomic mass is 10.1. The lowest BCUT2D eigenvalue weighted by Gasteiger charge is -2.30. The Balaban J connectivity index is 2.12. The minimum Gasteiger partial charge on any atom is -0.444 e. The first-order valence-electron chi connectivity index (χ1n) is 6.06. The largest absolute Gasteiger partial charge is 0.444 e. The minimum absolute atomic E-state index is 0.284. The van der Waals surface area contributed by atoms with Crippen molar-refractivity contribution in [2.24, 2.45) is 7.05 Å².